The number of fused-ring (bicyclic) bond motifs is 4. The Morgan fingerprint density at radius 2 is 1.35 bits per heavy atom. The van der Waals surface area contributed by atoms with Crippen LogP contribution in [0.2, 0.25) is 0 Å². The van der Waals surface area contributed by atoms with E-state index in [2.05, 4.69) is 31.9 Å². The molecule has 0 bridgehead atoms. The monoisotopic (exact) mass is 738 g/mol. The van der Waals surface area contributed by atoms with Gasteiger partial charge in [-0.15, -0.1) is 0 Å². The number of pyridine rings is 1. The zero-order valence-electron chi connectivity index (χ0n) is 24.5. The SMILES string of the molecule is COC(=O)/C(=C(/C(=O)OC)[n+]1ccc(/C=C/c2ccccc2[N+](=O)[O-])c2ccccc21)[c-]1c2cc(Br)ccc2c2ccc(Br)cc21. The maximum atomic E-state index is 13.9. The lowest BCUT2D eigenvalue weighted by Crippen LogP contribution is -2.39. The zero-order valence-corrected chi connectivity index (χ0v) is 27.7. The first-order valence-corrected chi connectivity index (χ1v) is 15.6. The van der Waals surface area contributed by atoms with Crippen molar-refractivity contribution in [1.82, 2.24) is 0 Å². The Labute approximate surface area is 279 Å². The number of benzene rings is 4. The molecule has 0 aliphatic heterocycles. The van der Waals surface area contributed by atoms with Crippen LogP contribution >= 0.6 is 31.9 Å². The molecule has 0 saturated heterocycles. The van der Waals surface area contributed by atoms with Crippen molar-refractivity contribution in [2.24, 2.45) is 0 Å². The summed E-state index contributed by atoms with van der Waals surface area (Å²) in [5.41, 5.74) is 2.29. The summed E-state index contributed by atoms with van der Waals surface area (Å²) in [5, 5.41) is 15.6. The summed E-state index contributed by atoms with van der Waals surface area (Å²) in [6.45, 7) is 0. The fourth-order valence-corrected chi connectivity index (χ4v) is 6.46. The van der Waals surface area contributed by atoms with Gasteiger partial charge in [0.25, 0.3) is 17.4 Å². The normalized spacial score (nSPS) is 12.1. The van der Waals surface area contributed by atoms with Gasteiger partial charge in [0.1, 0.15) is 0 Å². The quantitative estimate of drug-likeness (QED) is 0.0407. The fraction of sp³-hybridized carbons (Fsp3) is 0.0556. The van der Waals surface area contributed by atoms with Crippen LogP contribution in [0, 0.1) is 10.1 Å². The number of nitro benzene ring substituents is 1. The van der Waals surface area contributed by atoms with E-state index in [1.807, 2.05) is 60.7 Å². The van der Waals surface area contributed by atoms with Crippen molar-refractivity contribution in [1.29, 1.82) is 0 Å². The van der Waals surface area contributed by atoms with Crippen LogP contribution in [0.5, 0.6) is 0 Å². The van der Waals surface area contributed by atoms with Gasteiger partial charge >= 0.3 is 5.97 Å². The number of ether oxygens (including phenoxy) is 2. The van der Waals surface area contributed by atoms with Crippen molar-refractivity contribution in [2.45, 2.75) is 0 Å². The predicted molar refractivity (Wildman–Crippen MR) is 186 cm³/mol. The molecule has 0 fully saturated rings. The van der Waals surface area contributed by atoms with Gasteiger partial charge in [-0.1, -0.05) is 126 Å². The molecule has 8 nitrogen and oxygen atoms in total. The van der Waals surface area contributed by atoms with E-state index in [9.17, 15) is 19.7 Å². The number of nitrogens with zero attached hydrogens (tertiary/aromatic N) is 2. The van der Waals surface area contributed by atoms with Gasteiger partial charge in [0.15, 0.2) is 6.20 Å². The molecule has 1 heterocycles. The number of halogens is 2. The van der Waals surface area contributed by atoms with Crippen molar-refractivity contribution in [3.05, 3.63) is 133 Å². The lowest BCUT2D eigenvalue weighted by Gasteiger charge is -2.16. The highest BCUT2D eigenvalue weighted by Crippen LogP contribution is 2.42. The summed E-state index contributed by atoms with van der Waals surface area (Å²) in [5.74, 6) is -1.46. The first-order chi connectivity index (χ1) is 22.2. The van der Waals surface area contributed by atoms with Crippen LogP contribution < -0.4 is 4.57 Å². The number of nitro groups is 1. The van der Waals surface area contributed by atoms with E-state index in [4.69, 9.17) is 9.47 Å². The molecular weight excluding hydrogens is 716 g/mol. The van der Waals surface area contributed by atoms with Crippen molar-refractivity contribution in [3.63, 3.8) is 0 Å². The third-order valence-electron chi connectivity index (χ3n) is 7.74. The lowest BCUT2D eigenvalue weighted by molar-refractivity contribution is -0.548. The molecule has 0 aliphatic rings. The molecular formula is C36H24Br2N2O6. The van der Waals surface area contributed by atoms with Crippen LogP contribution in [-0.4, -0.2) is 31.1 Å². The van der Waals surface area contributed by atoms with Gasteiger partial charge in [-0.2, -0.15) is 4.57 Å². The van der Waals surface area contributed by atoms with E-state index >= 15 is 0 Å². The highest BCUT2D eigenvalue weighted by molar-refractivity contribution is 9.10. The van der Waals surface area contributed by atoms with Crippen LogP contribution in [-0.2, 0) is 19.1 Å². The first-order valence-electron chi connectivity index (χ1n) is 14.0. The number of esters is 2. The summed E-state index contributed by atoms with van der Waals surface area (Å²) in [7, 11) is 2.54. The Bertz CT molecular complexity index is 2230. The van der Waals surface area contributed by atoms with Crippen LogP contribution in [0.1, 0.15) is 16.7 Å². The summed E-state index contributed by atoms with van der Waals surface area (Å²) in [6, 6.07) is 27.2. The number of aromatic nitrogens is 1. The molecule has 0 amide bonds. The molecule has 10 heteroatoms. The minimum atomic E-state index is -0.744. The van der Waals surface area contributed by atoms with Crippen molar-refractivity contribution < 1.29 is 28.6 Å². The summed E-state index contributed by atoms with van der Waals surface area (Å²) >= 11 is 7.14. The first kappa shape index (κ1) is 30.9. The van der Waals surface area contributed by atoms with Crippen molar-refractivity contribution in [2.75, 3.05) is 14.2 Å². The van der Waals surface area contributed by atoms with Crippen LogP contribution in [0.25, 0.3) is 55.9 Å². The molecule has 0 atom stereocenters. The minimum absolute atomic E-state index is 0.0138. The molecule has 6 rings (SSSR count). The number of para-hydroxylation sites is 2. The van der Waals surface area contributed by atoms with Gasteiger partial charge in [0.05, 0.1) is 35.7 Å². The molecule has 0 unspecified atom stereocenters. The number of carbonyl (C=O) groups excluding carboxylic acids is 2. The van der Waals surface area contributed by atoms with E-state index in [1.54, 1.807) is 47.2 Å². The van der Waals surface area contributed by atoms with E-state index in [0.717, 1.165) is 41.4 Å². The van der Waals surface area contributed by atoms with E-state index in [0.29, 0.717) is 16.6 Å². The number of hydrogen-bond acceptors (Lipinski definition) is 6. The predicted octanol–water partition coefficient (Wildman–Crippen LogP) is 8.47. The second-order valence-corrected chi connectivity index (χ2v) is 12.1. The fourth-order valence-electron chi connectivity index (χ4n) is 5.73. The molecule has 46 heavy (non-hydrogen) atoms. The van der Waals surface area contributed by atoms with E-state index in [1.165, 1.54) is 20.3 Å². The molecule has 6 aromatic rings. The largest absolute Gasteiger partial charge is 0.490 e. The van der Waals surface area contributed by atoms with Gasteiger partial charge in [-0.05, 0) is 32.7 Å². The molecule has 0 radical (unpaired) electrons. The zero-order chi connectivity index (χ0) is 32.5. The second kappa shape index (κ2) is 12.7. The number of carbonyl (C=O) groups is 2. The maximum Gasteiger partial charge on any atom is 0.379 e. The molecule has 0 N–H and O–H groups in total. The van der Waals surface area contributed by atoms with Gasteiger partial charge < -0.3 is 9.47 Å². The van der Waals surface area contributed by atoms with Crippen LogP contribution in [0.3, 0.4) is 0 Å². The van der Waals surface area contributed by atoms with Crippen molar-refractivity contribution in [3.8, 4) is 0 Å². The van der Waals surface area contributed by atoms with Gasteiger partial charge in [0.2, 0.25) is 5.52 Å². The average Bonchev–Trinajstić information content (AvgIpc) is 3.37. The Kier molecular flexibility index (Phi) is 8.57. The molecule has 1 aromatic heterocycles. The van der Waals surface area contributed by atoms with Gasteiger partial charge in [-0.25, -0.2) is 4.79 Å². The van der Waals surface area contributed by atoms with Gasteiger partial charge in [0, 0.05) is 18.2 Å². The lowest BCUT2D eigenvalue weighted by atomic mass is 9.99. The highest BCUT2D eigenvalue weighted by atomic mass is 79.9. The summed E-state index contributed by atoms with van der Waals surface area (Å²) in [6.07, 6.45) is 5.14. The van der Waals surface area contributed by atoms with Crippen LogP contribution in [0.4, 0.5) is 5.69 Å². The topological polar surface area (TPSA) is 99.6 Å². The Balaban J connectivity index is 1.68. The highest BCUT2D eigenvalue weighted by Gasteiger charge is 2.32. The molecule has 0 saturated carbocycles. The molecule has 0 aliphatic carbocycles. The summed E-state index contributed by atoms with van der Waals surface area (Å²) < 4.78 is 13.9. The Morgan fingerprint density at radius 3 is 1.98 bits per heavy atom. The summed E-state index contributed by atoms with van der Waals surface area (Å²) in [4.78, 5) is 38.8. The second-order valence-electron chi connectivity index (χ2n) is 10.3. The molecule has 5 aromatic carbocycles. The number of methoxy groups -OCH3 is 2. The smallest absolute Gasteiger partial charge is 0.379 e. The number of hydrogen-bond donors (Lipinski definition) is 0. The van der Waals surface area contributed by atoms with Gasteiger partial charge in [-0.3, -0.25) is 14.9 Å². The number of rotatable bonds is 7. The average molecular weight is 740 g/mol. The standard InChI is InChI=1S/C36H24Br2N2O6/c1-45-35(41)33(32-28-19-23(37)13-15-26(28)27-16-14-24(38)20-29(27)32)34(36(42)46-2)39-18-17-21(25-8-4-6-10-31(25)39)11-12-22-7-3-5-9-30(22)40(43)44/h3-20H,1-2H3/b12-11+,34-33-. The van der Waals surface area contributed by atoms with Crippen molar-refractivity contribution >= 4 is 105 Å². The maximum absolute atomic E-state index is 13.9. The Hall–Kier alpha value is -5.06. The van der Waals surface area contributed by atoms with E-state index < -0.39 is 16.9 Å². The molecule has 0 spiro atoms. The van der Waals surface area contributed by atoms with E-state index in [-0.39, 0.29) is 17.0 Å². The third kappa shape index (κ3) is 5.50. The Morgan fingerprint density at radius 1 is 0.761 bits per heavy atom. The van der Waals surface area contributed by atoms with Crippen LogP contribution in [0.15, 0.2) is 106 Å². The molecule has 228 valence electrons. The minimum Gasteiger partial charge on any atom is -0.490 e. The third-order valence-corrected chi connectivity index (χ3v) is 8.73.